The summed E-state index contributed by atoms with van der Waals surface area (Å²) in [5.41, 5.74) is -3.76. The van der Waals surface area contributed by atoms with Gasteiger partial charge in [0.2, 0.25) is 5.82 Å². The van der Waals surface area contributed by atoms with E-state index in [9.17, 15) is 44.7 Å². The first-order valence-electron chi connectivity index (χ1n) is 9.08. The highest BCUT2D eigenvalue weighted by atomic mass is 19.3. The molecule has 2 aromatic rings. The van der Waals surface area contributed by atoms with Gasteiger partial charge in [-0.1, -0.05) is 13.8 Å². The number of rotatable bonds is 4. The molecule has 0 fully saturated rings. The zero-order valence-electron chi connectivity index (χ0n) is 16.9. The lowest BCUT2D eigenvalue weighted by atomic mass is 9.97. The summed E-state index contributed by atoms with van der Waals surface area (Å²) in [6.45, 7) is 2.69. The maximum atomic E-state index is 14.7. The van der Waals surface area contributed by atoms with E-state index in [4.69, 9.17) is 0 Å². The smallest absolute Gasteiger partial charge is 0.467 e. The summed E-state index contributed by atoms with van der Waals surface area (Å²) >= 11 is 0. The van der Waals surface area contributed by atoms with E-state index in [1.807, 2.05) is 0 Å². The Balaban J connectivity index is 2.37. The maximum Gasteiger partial charge on any atom is 0.483 e. The van der Waals surface area contributed by atoms with Crippen LogP contribution in [0.15, 0.2) is 12.1 Å². The Hall–Kier alpha value is -3.38. The average molecular weight is 483 g/mol. The first kappa shape index (κ1) is 24.3. The highest BCUT2D eigenvalue weighted by Gasteiger charge is 2.54. The number of alkyl halides is 2. The third-order valence-electron chi connectivity index (χ3n) is 4.85. The number of anilines is 1. The number of ether oxygens (including phenoxy) is 2. The number of esters is 1. The predicted molar refractivity (Wildman–Crippen MR) is 95.3 cm³/mol. The minimum atomic E-state index is -4.58. The zero-order chi connectivity index (χ0) is 25.0. The molecule has 0 bridgehead atoms. The minimum absolute atomic E-state index is 0.171. The van der Waals surface area contributed by atoms with Crippen molar-refractivity contribution in [2.45, 2.75) is 26.0 Å². The molecule has 0 saturated heterocycles. The number of hydrogen-bond acceptors (Lipinski definition) is 4. The molecule has 5 nitrogen and oxygen atoms in total. The molecule has 2 aromatic carbocycles. The summed E-state index contributed by atoms with van der Waals surface area (Å²) in [6.07, 6.45) is -4.58. The van der Waals surface area contributed by atoms with Crippen LogP contribution in [0.4, 0.5) is 40.8 Å². The molecule has 1 aliphatic heterocycles. The molecule has 1 atom stereocenters. The van der Waals surface area contributed by atoms with E-state index in [0.29, 0.717) is 6.07 Å². The van der Waals surface area contributed by atoms with Crippen LogP contribution in [0.3, 0.4) is 0 Å². The van der Waals surface area contributed by atoms with Crippen LogP contribution in [-0.4, -0.2) is 31.1 Å². The van der Waals surface area contributed by atoms with E-state index in [1.54, 1.807) is 0 Å². The molecule has 0 spiro atoms. The van der Waals surface area contributed by atoms with E-state index >= 15 is 0 Å². The SMILES string of the molecule is COC(=O)[C@@H](C(C)C)N1C(=O)C(F)(F)Oc2cc(F)c(-c3c(F)c(F)c(F)c(F)c3F)cc21. The van der Waals surface area contributed by atoms with Gasteiger partial charge in [-0.2, -0.15) is 8.78 Å². The molecule has 0 radical (unpaired) electrons. The molecule has 0 N–H and O–H groups in total. The van der Waals surface area contributed by atoms with E-state index in [-0.39, 0.29) is 11.0 Å². The summed E-state index contributed by atoms with van der Waals surface area (Å²) in [7, 11) is 0.895. The average Bonchev–Trinajstić information content (AvgIpc) is 2.74. The van der Waals surface area contributed by atoms with Gasteiger partial charge in [0.25, 0.3) is 0 Å². The summed E-state index contributed by atoms with van der Waals surface area (Å²) in [6, 6.07) is -1.20. The number of fused-ring (bicyclic) bond motifs is 1. The van der Waals surface area contributed by atoms with Crippen molar-refractivity contribution < 1.29 is 54.2 Å². The van der Waals surface area contributed by atoms with Gasteiger partial charge in [-0.05, 0) is 12.0 Å². The van der Waals surface area contributed by atoms with Crippen molar-refractivity contribution >= 4 is 17.6 Å². The van der Waals surface area contributed by atoms with E-state index < -0.39 is 87.4 Å². The van der Waals surface area contributed by atoms with Gasteiger partial charge in [-0.15, -0.1) is 0 Å². The number of carbonyl (C=O) groups is 2. The number of carbonyl (C=O) groups excluding carboxylic acids is 2. The lowest BCUT2D eigenvalue weighted by Gasteiger charge is -2.38. The Kier molecular flexibility index (Phi) is 6.03. The van der Waals surface area contributed by atoms with Gasteiger partial charge in [-0.25, -0.2) is 31.1 Å². The van der Waals surface area contributed by atoms with E-state index in [1.165, 1.54) is 13.8 Å². The minimum Gasteiger partial charge on any atom is -0.467 e. The van der Waals surface area contributed by atoms with Crippen LogP contribution in [0.1, 0.15) is 13.8 Å². The van der Waals surface area contributed by atoms with Crippen LogP contribution in [0.2, 0.25) is 0 Å². The summed E-state index contributed by atoms with van der Waals surface area (Å²) in [4.78, 5) is 24.8. The van der Waals surface area contributed by atoms with Crippen LogP contribution in [0.25, 0.3) is 11.1 Å². The second kappa shape index (κ2) is 8.19. The second-order valence-electron chi connectivity index (χ2n) is 7.25. The number of amides is 1. The van der Waals surface area contributed by atoms with Gasteiger partial charge in [0.15, 0.2) is 29.0 Å². The normalized spacial score (nSPS) is 15.9. The fourth-order valence-corrected chi connectivity index (χ4v) is 3.35. The van der Waals surface area contributed by atoms with E-state index in [2.05, 4.69) is 9.47 Å². The Morgan fingerprint density at radius 3 is 1.97 bits per heavy atom. The molecule has 178 valence electrons. The van der Waals surface area contributed by atoms with Crippen molar-refractivity contribution in [2.24, 2.45) is 5.92 Å². The molecular formula is C20H13F8NO4. The molecule has 0 saturated carbocycles. The Morgan fingerprint density at radius 2 is 1.48 bits per heavy atom. The number of benzene rings is 2. The topological polar surface area (TPSA) is 55.8 Å². The Morgan fingerprint density at radius 1 is 0.970 bits per heavy atom. The molecule has 3 rings (SSSR count). The number of nitrogens with zero attached hydrogens (tertiary/aromatic N) is 1. The monoisotopic (exact) mass is 483 g/mol. The quantitative estimate of drug-likeness (QED) is 0.274. The molecule has 0 aromatic heterocycles. The third-order valence-corrected chi connectivity index (χ3v) is 4.85. The summed E-state index contributed by atoms with van der Waals surface area (Å²) in [5, 5.41) is 0. The molecular weight excluding hydrogens is 470 g/mol. The zero-order valence-corrected chi connectivity index (χ0v) is 16.9. The molecule has 1 amide bonds. The van der Waals surface area contributed by atoms with Gasteiger partial charge < -0.3 is 9.47 Å². The molecule has 33 heavy (non-hydrogen) atoms. The van der Waals surface area contributed by atoms with Crippen LogP contribution >= 0.6 is 0 Å². The van der Waals surface area contributed by atoms with Gasteiger partial charge in [0.05, 0.1) is 18.4 Å². The fraction of sp³-hybridized carbons (Fsp3) is 0.300. The number of hydrogen-bond donors (Lipinski definition) is 0. The Bertz CT molecular complexity index is 1140. The van der Waals surface area contributed by atoms with Gasteiger partial charge in [0, 0.05) is 11.6 Å². The van der Waals surface area contributed by atoms with Gasteiger partial charge >= 0.3 is 18.0 Å². The van der Waals surface area contributed by atoms with Crippen LogP contribution in [-0.2, 0) is 14.3 Å². The molecule has 0 unspecified atom stereocenters. The molecule has 13 heteroatoms. The molecule has 1 aliphatic rings. The largest absolute Gasteiger partial charge is 0.483 e. The van der Waals surface area contributed by atoms with Crippen LogP contribution in [0, 0.1) is 40.8 Å². The maximum absolute atomic E-state index is 14.7. The Labute approximate surface area is 180 Å². The van der Waals surface area contributed by atoms with Gasteiger partial charge in [-0.3, -0.25) is 9.69 Å². The molecule has 0 aliphatic carbocycles. The number of halogens is 8. The first-order valence-corrected chi connectivity index (χ1v) is 9.08. The highest BCUT2D eigenvalue weighted by Crippen LogP contribution is 2.45. The number of methoxy groups -OCH3 is 1. The van der Waals surface area contributed by atoms with E-state index in [0.717, 1.165) is 7.11 Å². The van der Waals surface area contributed by atoms with Crippen molar-refractivity contribution in [3.05, 3.63) is 47.0 Å². The fourth-order valence-electron chi connectivity index (χ4n) is 3.35. The highest BCUT2D eigenvalue weighted by molar-refractivity contribution is 6.06. The standard InChI is InChI=1S/C20H13F8NO4/c1-6(2)17(18(30)32-3)29-9-4-7(8(21)5-10(9)33-20(27,28)19(29)31)11-12(22)14(24)16(26)15(25)13(11)23/h4-6,17H,1-3H3/t17-/m1/s1. The van der Waals surface area contributed by atoms with Crippen molar-refractivity contribution in [2.75, 3.05) is 12.0 Å². The van der Waals surface area contributed by atoms with Gasteiger partial charge in [0.1, 0.15) is 11.9 Å². The van der Waals surface area contributed by atoms with Crippen molar-refractivity contribution in [1.29, 1.82) is 0 Å². The summed E-state index contributed by atoms with van der Waals surface area (Å²) < 4.78 is 121. The second-order valence-corrected chi connectivity index (χ2v) is 7.25. The third kappa shape index (κ3) is 3.74. The van der Waals surface area contributed by atoms with Crippen LogP contribution in [0.5, 0.6) is 5.75 Å². The predicted octanol–water partition coefficient (Wildman–Crippen LogP) is 4.70. The first-order chi connectivity index (χ1) is 15.2. The summed E-state index contributed by atoms with van der Waals surface area (Å²) in [5.74, 6) is -19.0. The van der Waals surface area contributed by atoms with Crippen LogP contribution < -0.4 is 9.64 Å². The molecule has 1 heterocycles. The van der Waals surface area contributed by atoms with Crippen molar-refractivity contribution in [3.8, 4) is 16.9 Å². The van der Waals surface area contributed by atoms with Crippen molar-refractivity contribution in [1.82, 2.24) is 0 Å². The lowest BCUT2D eigenvalue weighted by Crippen LogP contribution is -2.58. The van der Waals surface area contributed by atoms with Crippen molar-refractivity contribution in [3.63, 3.8) is 0 Å². The lowest BCUT2D eigenvalue weighted by molar-refractivity contribution is -0.194.